The Morgan fingerprint density at radius 2 is 1.71 bits per heavy atom. The molecule has 3 aliphatic rings. The van der Waals surface area contributed by atoms with Crippen LogP contribution < -0.4 is 5.73 Å². The normalized spacial score (nSPS) is 45.3. The molecule has 17 heteroatoms. The SMILES string of the molecule is N[C@H]1[C@H]([C@H](O)[C@H](O)CO)O[C@@](O[C@H]2[C@@H](O)[C@@H](CO)O[C@@H](O[C@@H]3C=CO[C@H](CO)[C@H]3O)[C@@H]2O)(C(=O)O)C[C@@H]1O. The molecule has 0 spiro atoms. The summed E-state index contributed by atoms with van der Waals surface area (Å²) >= 11 is 0. The van der Waals surface area contributed by atoms with Crippen molar-refractivity contribution in [1.29, 1.82) is 0 Å². The van der Waals surface area contributed by atoms with Crippen molar-refractivity contribution in [1.82, 2.24) is 0 Å². The summed E-state index contributed by atoms with van der Waals surface area (Å²) in [5, 5.41) is 101. The number of hydrogen-bond acceptors (Lipinski definition) is 16. The number of carbonyl (C=O) groups is 1. The number of aliphatic hydroxyl groups is 9. The van der Waals surface area contributed by atoms with Gasteiger partial charge in [-0.3, -0.25) is 0 Å². The zero-order chi connectivity index (χ0) is 28.4. The van der Waals surface area contributed by atoms with Crippen molar-refractivity contribution in [2.24, 2.45) is 5.73 Å². The van der Waals surface area contributed by atoms with Gasteiger partial charge in [0.05, 0.1) is 38.2 Å². The van der Waals surface area contributed by atoms with E-state index >= 15 is 0 Å². The lowest BCUT2D eigenvalue weighted by molar-refractivity contribution is -0.373. The van der Waals surface area contributed by atoms with Crippen molar-refractivity contribution >= 4 is 5.97 Å². The predicted molar refractivity (Wildman–Crippen MR) is 118 cm³/mol. The standard InChI is InChI=1S/C21H35NO16/c22-12-7(26)3-21(20(32)33,37-17(12)13(28)8(27)4-23)38-18-15(30)11(6-25)36-19(16(18)31)35-9-1-2-34-10(5-24)14(9)29/h1-2,7-19,23-31H,3-6,22H2,(H,32,33)/t7-,8+,9+,10+,11+,12+,13+,14-,15-,16+,17+,18-,19+,21-/m0/s1. The first-order chi connectivity index (χ1) is 17.9. The fourth-order valence-corrected chi connectivity index (χ4v) is 4.45. The minimum Gasteiger partial charge on any atom is -0.493 e. The number of nitrogens with two attached hydrogens (primary N) is 1. The van der Waals surface area contributed by atoms with Gasteiger partial charge in [-0.25, -0.2) is 4.79 Å². The number of aliphatic hydroxyl groups excluding tert-OH is 9. The minimum atomic E-state index is -2.86. The van der Waals surface area contributed by atoms with Crippen molar-refractivity contribution in [3.8, 4) is 0 Å². The summed E-state index contributed by atoms with van der Waals surface area (Å²) < 4.78 is 26.9. The predicted octanol–water partition coefficient (Wildman–Crippen LogP) is -6.57. The molecule has 0 bridgehead atoms. The maximum atomic E-state index is 12.3. The topological polar surface area (TPSA) is 292 Å². The third-order valence-electron chi connectivity index (χ3n) is 6.73. The molecule has 0 aromatic carbocycles. The van der Waals surface area contributed by atoms with Crippen LogP contribution in [0.15, 0.2) is 12.3 Å². The monoisotopic (exact) mass is 557 g/mol. The van der Waals surface area contributed by atoms with Gasteiger partial charge >= 0.3 is 5.97 Å². The number of carboxylic acids is 1. The van der Waals surface area contributed by atoms with Crippen LogP contribution in [0.1, 0.15) is 6.42 Å². The third-order valence-corrected chi connectivity index (χ3v) is 6.73. The second kappa shape index (κ2) is 12.7. The average Bonchev–Trinajstić information content (AvgIpc) is 2.90. The Kier molecular flexibility index (Phi) is 10.4. The Bertz CT molecular complexity index is 818. The van der Waals surface area contributed by atoms with Crippen molar-refractivity contribution in [3.05, 3.63) is 12.3 Å². The fraction of sp³-hybridized carbons (Fsp3) is 0.857. The molecule has 0 saturated carbocycles. The van der Waals surface area contributed by atoms with Crippen LogP contribution in [0.3, 0.4) is 0 Å². The highest BCUT2D eigenvalue weighted by Crippen LogP contribution is 2.37. The second-order valence-corrected chi connectivity index (χ2v) is 9.30. The van der Waals surface area contributed by atoms with Gasteiger partial charge in [-0.1, -0.05) is 0 Å². The molecule has 3 aliphatic heterocycles. The third kappa shape index (κ3) is 6.11. The molecule has 2 fully saturated rings. The Morgan fingerprint density at radius 1 is 1.05 bits per heavy atom. The van der Waals surface area contributed by atoms with Gasteiger partial charge in [0, 0.05) is 6.42 Å². The fourth-order valence-electron chi connectivity index (χ4n) is 4.45. The summed E-state index contributed by atoms with van der Waals surface area (Å²) in [5.41, 5.74) is 5.82. The zero-order valence-electron chi connectivity index (χ0n) is 20.0. The molecule has 0 radical (unpaired) electrons. The van der Waals surface area contributed by atoms with Gasteiger partial charge in [-0.2, -0.15) is 0 Å². The van der Waals surface area contributed by atoms with Gasteiger partial charge in [0.25, 0.3) is 5.79 Å². The highest BCUT2D eigenvalue weighted by atomic mass is 16.8. The zero-order valence-corrected chi connectivity index (χ0v) is 20.0. The summed E-state index contributed by atoms with van der Waals surface area (Å²) in [6.07, 6.45) is -18.5. The van der Waals surface area contributed by atoms with Crippen molar-refractivity contribution < 1.29 is 79.5 Å². The smallest absolute Gasteiger partial charge is 0.364 e. The first-order valence-electron chi connectivity index (χ1n) is 11.8. The van der Waals surface area contributed by atoms with E-state index in [1.54, 1.807) is 0 Å². The molecule has 220 valence electrons. The molecule has 0 aliphatic carbocycles. The van der Waals surface area contributed by atoms with E-state index < -0.39 is 117 Å². The lowest BCUT2D eigenvalue weighted by atomic mass is 9.88. The van der Waals surface area contributed by atoms with Gasteiger partial charge in [-0.05, 0) is 6.08 Å². The second-order valence-electron chi connectivity index (χ2n) is 9.30. The molecule has 0 aromatic heterocycles. The highest BCUT2D eigenvalue weighted by molar-refractivity contribution is 5.76. The van der Waals surface area contributed by atoms with Gasteiger partial charge < -0.3 is 80.5 Å². The van der Waals surface area contributed by atoms with E-state index in [2.05, 4.69) is 0 Å². The first kappa shape index (κ1) is 31.0. The van der Waals surface area contributed by atoms with Gasteiger partial charge in [0.2, 0.25) is 0 Å². The van der Waals surface area contributed by atoms with E-state index in [1.165, 1.54) is 6.08 Å². The minimum absolute atomic E-state index is 0.579. The van der Waals surface area contributed by atoms with E-state index in [0.717, 1.165) is 6.26 Å². The maximum absolute atomic E-state index is 12.3. The van der Waals surface area contributed by atoms with E-state index in [9.17, 15) is 50.8 Å². The van der Waals surface area contributed by atoms with E-state index in [4.69, 9.17) is 34.5 Å². The Hall–Kier alpha value is -1.55. The summed E-state index contributed by atoms with van der Waals surface area (Å²) in [4.78, 5) is 12.3. The van der Waals surface area contributed by atoms with Crippen LogP contribution in [0, 0.1) is 0 Å². The van der Waals surface area contributed by atoms with Crippen LogP contribution in [-0.2, 0) is 28.5 Å². The Labute approximate surface area is 215 Å². The highest BCUT2D eigenvalue weighted by Gasteiger charge is 2.58. The molecule has 0 aromatic rings. The summed E-state index contributed by atoms with van der Waals surface area (Å²) in [5.74, 6) is -4.72. The molecule has 0 unspecified atom stereocenters. The van der Waals surface area contributed by atoms with Gasteiger partial charge in [0.1, 0.15) is 61.0 Å². The van der Waals surface area contributed by atoms with Gasteiger partial charge in [0.15, 0.2) is 6.29 Å². The van der Waals surface area contributed by atoms with Crippen molar-refractivity contribution in [2.45, 2.75) is 91.7 Å². The maximum Gasteiger partial charge on any atom is 0.364 e. The molecule has 2 saturated heterocycles. The summed E-state index contributed by atoms with van der Waals surface area (Å²) in [7, 11) is 0. The van der Waals surface area contributed by atoms with Crippen LogP contribution in [0.5, 0.6) is 0 Å². The van der Waals surface area contributed by atoms with Crippen LogP contribution in [-0.4, -0.2) is 162 Å². The van der Waals surface area contributed by atoms with E-state index in [-0.39, 0.29) is 0 Å². The van der Waals surface area contributed by atoms with Crippen LogP contribution in [0.25, 0.3) is 0 Å². The molecular weight excluding hydrogens is 522 g/mol. The van der Waals surface area contributed by atoms with E-state index in [1.807, 2.05) is 0 Å². The molecule has 3 rings (SSSR count). The molecule has 0 amide bonds. The lowest BCUT2D eigenvalue weighted by Crippen LogP contribution is -2.69. The number of carboxylic acid groups (broad SMARTS) is 1. The molecule has 17 nitrogen and oxygen atoms in total. The number of aliphatic carboxylic acids is 1. The summed E-state index contributed by atoms with van der Waals surface area (Å²) in [6, 6.07) is -1.44. The molecule has 14 atom stereocenters. The first-order valence-corrected chi connectivity index (χ1v) is 11.8. The van der Waals surface area contributed by atoms with Crippen molar-refractivity contribution in [2.75, 3.05) is 19.8 Å². The average molecular weight is 558 g/mol. The van der Waals surface area contributed by atoms with Gasteiger partial charge in [-0.15, -0.1) is 0 Å². The van der Waals surface area contributed by atoms with E-state index in [0.29, 0.717) is 0 Å². The summed E-state index contributed by atoms with van der Waals surface area (Å²) in [6.45, 7) is -2.38. The van der Waals surface area contributed by atoms with Crippen LogP contribution in [0.4, 0.5) is 0 Å². The molecule has 12 N–H and O–H groups in total. The molecule has 3 heterocycles. The quantitative estimate of drug-likeness (QED) is 0.119. The van der Waals surface area contributed by atoms with Crippen molar-refractivity contribution in [3.63, 3.8) is 0 Å². The largest absolute Gasteiger partial charge is 0.493 e. The Morgan fingerprint density at radius 3 is 2.29 bits per heavy atom. The van der Waals surface area contributed by atoms with Crippen LogP contribution in [0.2, 0.25) is 0 Å². The molecule has 38 heavy (non-hydrogen) atoms. The number of rotatable bonds is 10. The number of ether oxygens (including phenoxy) is 5. The Balaban J connectivity index is 1.88. The molecular formula is C21H35NO16. The van der Waals surface area contributed by atoms with Crippen LogP contribution >= 0.6 is 0 Å². The number of hydrogen-bond donors (Lipinski definition) is 11. The lowest BCUT2D eigenvalue weighted by Gasteiger charge is -2.49.